The van der Waals surface area contributed by atoms with E-state index in [-0.39, 0.29) is 16.7 Å². The molecule has 2 N–H and O–H groups in total. The van der Waals surface area contributed by atoms with Crippen LogP contribution in [0.1, 0.15) is 45.2 Å². The highest BCUT2D eigenvalue weighted by Gasteiger charge is 2.50. The molecule has 0 radical (unpaired) electrons. The number of pyridine rings is 1. The van der Waals surface area contributed by atoms with Gasteiger partial charge in [-0.25, -0.2) is 9.99 Å². The van der Waals surface area contributed by atoms with Crippen LogP contribution in [0.3, 0.4) is 0 Å². The number of para-hydroxylation sites is 1. The topological polar surface area (TPSA) is 73.5 Å². The van der Waals surface area contributed by atoms with Gasteiger partial charge in [0, 0.05) is 30.5 Å². The Bertz CT molecular complexity index is 938. The highest BCUT2D eigenvalue weighted by molar-refractivity contribution is 7.85. The minimum absolute atomic E-state index is 0.0172. The van der Waals surface area contributed by atoms with E-state index in [2.05, 4.69) is 62.4 Å². The maximum atomic E-state index is 10.8. The van der Waals surface area contributed by atoms with Crippen LogP contribution in [-0.4, -0.2) is 24.3 Å². The fraction of sp³-hybridized carbons (Fsp3) is 0.476. The van der Waals surface area contributed by atoms with Crippen LogP contribution in [0.4, 0.5) is 5.69 Å². The van der Waals surface area contributed by atoms with E-state index in [9.17, 15) is 8.42 Å². The van der Waals surface area contributed by atoms with Crippen LogP contribution in [0, 0.1) is 0 Å². The molecule has 2 aromatic rings. The van der Waals surface area contributed by atoms with Crippen molar-refractivity contribution < 1.29 is 17.5 Å². The molecule has 0 saturated carbocycles. The molecule has 0 atom stereocenters. The average molecular weight is 405 g/mol. The summed E-state index contributed by atoms with van der Waals surface area (Å²) in [4.78, 5) is 0. The number of hydrogen-bond acceptors (Lipinski definition) is 4. The molecule has 0 spiro atoms. The minimum atomic E-state index is -3.89. The monoisotopic (exact) mass is 404 g/mol. The number of hydrogen-bond donors (Lipinski definition) is 2. The smallest absolute Gasteiger partial charge is 0.265 e. The normalized spacial score (nSPS) is 17.5. The van der Waals surface area contributed by atoms with E-state index in [1.807, 2.05) is 29.1 Å². The summed E-state index contributed by atoms with van der Waals surface area (Å²) in [6.07, 6.45) is 4.26. The molecular weight excluding hydrogens is 374 g/mol. The third-order valence-corrected chi connectivity index (χ3v) is 6.93. The SMILES string of the molecule is CC1(C)c2ccccc2N(NCc2cc[n+](CCCS(=O)(=O)O)cc2)C1(C)C. The fourth-order valence-electron chi connectivity index (χ4n) is 3.75. The number of hydrazine groups is 1. The van der Waals surface area contributed by atoms with Crippen molar-refractivity contribution >= 4 is 15.8 Å². The second-order valence-electron chi connectivity index (χ2n) is 8.46. The number of nitrogens with one attached hydrogen (secondary N) is 1. The largest absolute Gasteiger partial charge is 0.301 e. The summed E-state index contributed by atoms with van der Waals surface area (Å²) in [5.41, 5.74) is 7.23. The Morgan fingerprint density at radius 3 is 2.36 bits per heavy atom. The van der Waals surface area contributed by atoms with Crippen LogP contribution >= 0.6 is 0 Å². The number of nitrogens with zero attached hydrogens (tertiary/aromatic N) is 2. The summed E-state index contributed by atoms with van der Waals surface area (Å²) in [5, 5.41) is 2.27. The van der Waals surface area contributed by atoms with Crippen molar-refractivity contribution in [2.75, 3.05) is 10.8 Å². The highest BCUT2D eigenvalue weighted by Crippen LogP contribution is 2.50. The Labute approximate surface area is 167 Å². The zero-order valence-electron chi connectivity index (χ0n) is 17.0. The first-order chi connectivity index (χ1) is 13.0. The maximum Gasteiger partial charge on any atom is 0.265 e. The average Bonchev–Trinajstić information content (AvgIpc) is 2.76. The molecule has 1 aromatic carbocycles. The van der Waals surface area contributed by atoms with Gasteiger partial charge in [-0.1, -0.05) is 32.0 Å². The molecule has 28 heavy (non-hydrogen) atoms. The molecule has 1 aromatic heterocycles. The van der Waals surface area contributed by atoms with Gasteiger partial charge in [0.15, 0.2) is 12.4 Å². The Kier molecular flexibility index (Phi) is 5.53. The Balaban J connectivity index is 1.66. The molecule has 0 amide bonds. The van der Waals surface area contributed by atoms with E-state index < -0.39 is 10.1 Å². The van der Waals surface area contributed by atoms with Crippen LogP contribution in [0.5, 0.6) is 0 Å². The van der Waals surface area contributed by atoms with Gasteiger partial charge in [-0.3, -0.25) is 4.55 Å². The van der Waals surface area contributed by atoms with Crippen molar-refractivity contribution in [3.63, 3.8) is 0 Å². The predicted octanol–water partition coefficient (Wildman–Crippen LogP) is 2.83. The lowest BCUT2D eigenvalue weighted by atomic mass is 9.73. The second-order valence-corrected chi connectivity index (χ2v) is 10.0. The van der Waals surface area contributed by atoms with E-state index >= 15 is 0 Å². The van der Waals surface area contributed by atoms with Crippen LogP contribution in [0.2, 0.25) is 0 Å². The van der Waals surface area contributed by atoms with E-state index in [0.29, 0.717) is 19.5 Å². The number of aromatic nitrogens is 1. The maximum absolute atomic E-state index is 10.8. The lowest BCUT2D eigenvalue weighted by molar-refractivity contribution is -0.696. The van der Waals surface area contributed by atoms with Gasteiger partial charge in [-0.2, -0.15) is 8.42 Å². The van der Waals surface area contributed by atoms with Crippen LogP contribution in [0.25, 0.3) is 0 Å². The molecule has 6 nitrogen and oxygen atoms in total. The number of anilines is 1. The van der Waals surface area contributed by atoms with Crippen molar-refractivity contribution in [3.05, 3.63) is 59.9 Å². The Hall–Kier alpha value is -1.96. The molecule has 0 fully saturated rings. The first-order valence-corrected chi connectivity index (χ1v) is 11.2. The summed E-state index contributed by atoms with van der Waals surface area (Å²) in [5.74, 6) is -0.220. The lowest BCUT2D eigenvalue weighted by Gasteiger charge is -2.42. The van der Waals surface area contributed by atoms with Crippen molar-refractivity contribution in [2.45, 2.75) is 58.2 Å². The Morgan fingerprint density at radius 2 is 1.71 bits per heavy atom. The molecule has 152 valence electrons. The van der Waals surface area contributed by atoms with Crippen LogP contribution in [0.15, 0.2) is 48.8 Å². The van der Waals surface area contributed by atoms with Gasteiger partial charge in [-0.15, -0.1) is 0 Å². The Morgan fingerprint density at radius 1 is 1.07 bits per heavy atom. The predicted molar refractivity (Wildman–Crippen MR) is 111 cm³/mol. The molecule has 0 saturated heterocycles. The van der Waals surface area contributed by atoms with E-state index in [1.54, 1.807) is 0 Å². The molecule has 1 aliphatic heterocycles. The standard InChI is InChI=1S/C21H29N3O3S/c1-20(2)18-8-5-6-9-19(18)24(21(20,3)4)22-16-17-10-13-23(14-11-17)12-7-15-28(25,26)27/h5-6,8-11,13-14,22H,7,12,15-16H2,1-4H3/p+1. The highest BCUT2D eigenvalue weighted by atomic mass is 32.2. The number of rotatable bonds is 7. The minimum Gasteiger partial charge on any atom is -0.301 e. The first kappa shape index (κ1) is 20.8. The summed E-state index contributed by atoms with van der Waals surface area (Å²) < 4.78 is 32.3. The molecule has 1 aliphatic rings. The fourth-order valence-corrected chi connectivity index (χ4v) is 4.24. The molecular formula is C21H30N3O3S+. The second kappa shape index (κ2) is 7.46. The van der Waals surface area contributed by atoms with Crippen LogP contribution in [-0.2, 0) is 28.6 Å². The van der Waals surface area contributed by atoms with E-state index in [4.69, 9.17) is 4.55 Å². The van der Waals surface area contributed by atoms with E-state index in [1.165, 1.54) is 11.3 Å². The summed E-state index contributed by atoms with van der Waals surface area (Å²) >= 11 is 0. The van der Waals surface area contributed by atoms with Gasteiger partial charge < -0.3 is 5.01 Å². The molecule has 0 aliphatic carbocycles. The van der Waals surface area contributed by atoms with Gasteiger partial charge in [-0.05, 0) is 31.0 Å². The number of fused-ring (bicyclic) bond motifs is 1. The van der Waals surface area contributed by atoms with Crippen molar-refractivity contribution in [2.24, 2.45) is 0 Å². The third kappa shape index (κ3) is 4.06. The van der Waals surface area contributed by atoms with Crippen molar-refractivity contribution in [1.29, 1.82) is 0 Å². The molecule has 7 heteroatoms. The zero-order valence-corrected chi connectivity index (χ0v) is 17.8. The van der Waals surface area contributed by atoms with Gasteiger partial charge in [0.05, 0.1) is 17.0 Å². The van der Waals surface area contributed by atoms with Gasteiger partial charge >= 0.3 is 0 Å². The van der Waals surface area contributed by atoms with E-state index in [0.717, 1.165) is 5.56 Å². The van der Waals surface area contributed by atoms with Gasteiger partial charge in [0.1, 0.15) is 6.54 Å². The van der Waals surface area contributed by atoms with Crippen molar-refractivity contribution in [1.82, 2.24) is 5.43 Å². The third-order valence-electron chi connectivity index (χ3n) is 6.13. The molecule has 0 unspecified atom stereocenters. The van der Waals surface area contributed by atoms with Gasteiger partial charge in [0.25, 0.3) is 10.1 Å². The summed E-state index contributed by atoms with van der Waals surface area (Å²) in [6, 6.07) is 12.6. The molecule has 0 bridgehead atoms. The number of benzene rings is 1. The summed E-state index contributed by atoms with van der Waals surface area (Å²) in [7, 11) is -3.89. The lowest BCUT2D eigenvalue weighted by Crippen LogP contribution is -2.56. The quantitative estimate of drug-likeness (QED) is 0.548. The molecule has 2 heterocycles. The van der Waals surface area contributed by atoms with Gasteiger partial charge in [0.2, 0.25) is 0 Å². The van der Waals surface area contributed by atoms with Crippen molar-refractivity contribution in [3.8, 4) is 0 Å². The summed E-state index contributed by atoms with van der Waals surface area (Å²) in [6.45, 7) is 10.3. The number of aryl methyl sites for hydroxylation is 1. The zero-order chi connectivity index (χ0) is 20.6. The first-order valence-electron chi connectivity index (χ1n) is 9.59. The van der Waals surface area contributed by atoms with Crippen LogP contribution < -0.4 is 15.0 Å². The molecule has 3 rings (SSSR count).